The average molecular weight is 1010 g/mol. The van der Waals surface area contributed by atoms with E-state index in [1.54, 1.807) is 9.36 Å². The molecule has 7 aliphatic heterocycles. The monoisotopic (exact) mass is 1010 g/mol. The molecule has 2 fully saturated rings. The zero-order chi connectivity index (χ0) is 52.6. The first kappa shape index (κ1) is 48.0. The molecule has 8 bridgehead atoms. The summed E-state index contributed by atoms with van der Waals surface area (Å²) in [6.45, 7) is 25.4. The Morgan fingerprint density at radius 1 is 0.432 bits per heavy atom. The molecule has 9 heterocycles. The van der Waals surface area contributed by atoms with E-state index in [-0.39, 0.29) is 49.3 Å². The van der Waals surface area contributed by atoms with E-state index < -0.39 is 78.8 Å². The van der Waals surface area contributed by atoms with E-state index in [0.29, 0.717) is 48.3 Å². The van der Waals surface area contributed by atoms with Crippen molar-refractivity contribution in [2.24, 2.45) is 10.8 Å². The number of hydrogen-bond acceptors (Lipinski definition) is 8. The summed E-state index contributed by atoms with van der Waals surface area (Å²) >= 11 is 0. The van der Waals surface area contributed by atoms with Gasteiger partial charge in [-0.2, -0.15) is 0 Å². The van der Waals surface area contributed by atoms with Gasteiger partial charge in [0.25, 0.3) is 0 Å². The summed E-state index contributed by atoms with van der Waals surface area (Å²) in [7, 11) is 0. The molecule has 74 heavy (non-hydrogen) atoms. The van der Waals surface area contributed by atoms with Gasteiger partial charge in [-0.3, -0.25) is 9.59 Å². The predicted molar refractivity (Wildman–Crippen MR) is 281 cm³/mol. The maximum absolute atomic E-state index is 16.9. The summed E-state index contributed by atoms with van der Waals surface area (Å²) in [5.41, 5.74) is -4.63. The molecule has 14 nitrogen and oxygen atoms in total. The molecule has 4 unspecified atom stereocenters. The maximum Gasteiger partial charge on any atom is 0.348 e. The minimum atomic E-state index is -1.78. The number of ether oxygens (including phenoxy) is 2. The number of Topliss-reactive ketones (excluding diaryl/α,β-unsaturated/α-hetero) is 2. The molecule has 14 heteroatoms. The zero-order valence-electron chi connectivity index (χ0n) is 45.6. The minimum absolute atomic E-state index is 0.0786. The van der Waals surface area contributed by atoms with E-state index in [1.165, 1.54) is 18.5 Å². The van der Waals surface area contributed by atoms with Crippen LogP contribution in [0.3, 0.4) is 0 Å². The van der Waals surface area contributed by atoms with E-state index in [1.807, 2.05) is 12.2 Å². The van der Waals surface area contributed by atoms with Gasteiger partial charge in [0.1, 0.15) is 23.6 Å². The van der Waals surface area contributed by atoms with Crippen LogP contribution in [0.25, 0.3) is 0 Å². The van der Waals surface area contributed by atoms with Gasteiger partial charge in [0, 0.05) is 37.8 Å². The van der Waals surface area contributed by atoms with Crippen LogP contribution in [0.4, 0.5) is 0 Å². The summed E-state index contributed by atoms with van der Waals surface area (Å²) < 4.78 is 24.4. The number of nitrogens with zero attached hydrogens (tertiary/aromatic N) is 6. The molecule has 2 aromatic heterocycles. The lowest BCUT2D eigenvalue weighted by molar-refractivity contribution is -0.156. The third-order valence-corrected chi connectivity index (χ3v) is 19.3. The van der Waals surface area contributed by atoms with Crippen LogP contribution in [0.2, 0.25) is 0 Å². The molecule has 4 aliphatic carbocycles. The number of carbonyl (C=O) groups excluding carboxylic acids is 2. The predicted octanol–water partition coefficient (Wildman–Crippen LogP) is 8.70. The molecule has 0 amide bonds. The molecule has 0 saturated heterocycles. The van der Waals surface area contributed by atoms with Gasteiger partial charge in [-0.15, -0.1) is 0 Å². The van der Waals surface area contributed by atoms with Crippen LogP contribution < -0.4 is 32.2 Å². The third kappa shape index (κ3) is 5.94. The van der Waals surface area contributed by atoms with Crippen molar-refractivity contribution >= 4 is 11.6 Å². The Morgan fingerprint density at radius 3 is 1.07 bits per heavy atom. The van der Waals surface area contributed by atoms with Crippen molar-refractivity contribution in [2.45, 2.75) is 230 Å². The maximum atomic E-state index is 16.9. The van der Waals surface area contributed by atoms with Crippen molar-refractivity contribution in [3.8, 4) is 11.5 Å². The normalized spacial score (nSPS) is 30.2. The molecular formula is C60H74N6O8. The summed E-state index contributed by atoms with van der Waals surface area (Å²) in [4.78, 5) is 96.5. The second-order valence-corrected chi connectivity index (χ2v) is 28.2. The molecule has 11 aliphatic rings. The highest BCUT2D eigenvalue weighted by Gasteiger charge is 2.73. The van der Waals surface area contributed by atoms with E-state index >= 15 is 28.8 Å². The number of rotatable bonds is 2. The molecule has 0 radical (unpaired) electrons. The molecular weight excluding hydrogens is 933 g/mol. The van der Waals surface area contributed by atoms with Crippen LogP contribution in [0.5, 0.6) is 11.5 Å². The number of hydrogen-bond donors (Lipinski definition) is 0. The summed E-state index contributed by atoms with van der Waals surface area (Å²) in [6, 6.07) is 5.71. The van der Waals surface area contributed by atoms with Crippen molar-refractivity contribution in [1.29, 1.82) is 0 Å². The SMILES string of the molecule is CC(C)(C)C1=CC23Cc4cc(C(C)(C)C)cc5c4O[C@]4(C5)C(=O)C5(C=C(C(C)(C)C)C4n4c(=O)n(C6CCCCC6)c(=O)n45)Cc4cc(C(C)(C)C)cc5c4O[C@@](C5)(C2=O)C1n1c(=O)n(C2CCCCC2)c(=O)n13. The zero-order valence-corrected chi connectivity index (χ0v) is 45.6. The van der Waals surface area contributed by atoms with Gasteiger partial charge < -0.3 is 9.47 Å². The molecule has 2 aromatic carbocycles. The van der Waals surface area contributed by atoms with Gasteiger partial charge in [-0.25, -0.2) is 47.0 Å². The molecule has 15 rings (SSSR count). The van der Waals surface area contributed by atoms with E-state index in [0.717, 1.165) is 71.9 Å². The second kappa shape index (κ2) is 14.6. The minimum Gasteiger partial charge on any atom is -0.476 e. The molecule has 392 valence electrons. The molecule has 2 saturated carbocycles. The number of ketones is 2. The number of carbonyl (C=O) groups is 2. The van der Waals surface area contributed by atoms with Gasteiger partial charge in [0.15, 0.2) is 22.3 Å². The van der Waals surface area contributed by atoms with Gasteiger partial charge in [-0.1, -0.05) is 146 Å². The largest absolute Gasteiger partial charge is 0.476 e. The second-order valence-electron chi connectivity index (χ2n) is 28.2. The summed E-state index contributed by atoms with van der Waals surface area (Å²) in [6.07, 6.45) is 12.4. The van der Waals surface area contributed by atoms with E-state index in [2.05, 4.69) is 107 Å². The Balaban J connectivity index is 1.18. The Bertz CT molecular complexity index is 3300. The Morgan fingerprint density at radius 2 is 0.757 bits per heavy atom. The summed E-state index contributed by atoms with van der Waals surface area (Å²) in [5, 5.41) is 0. The highest BCUT2D eigenvalue weighted by molar-refractivity contribution is 6.03. The number of aromatic nitrogens is 6. The molecule has 4 spiro atoms. The smallest absolute Gasteiger partial charge is 0.348 e. The average Bonchev–Trinajstić information content (AvgIpc) is 4.05. The lowest BCUT2D eigenvalue weighted by atomic mass is 9.60. The van der Waals surface area contributed by atoms with Crippen molar-refractivity contribution < 1.29 is 19.1 Å². The van der Waals surface area contributed by atoms with Crippen LogP contribution >= 0.6 is 0 Å². The Kier molecular flexibility index (Phi) is 9.49. The lowest BCUT2D eigenvalue weighted by Gasteiger charge is -2.56. The van der Waals surface area contributed by atoms with Crippen LogP contribution in [0.1, 0.15) is 205 Å². The fourth-order valence-electron chi connectivity index (χ4n) is 15.7. The van der Waals surface area contributed by atoms with Gasteiger partial charge in [0.05, 0.1) is 0 Å². The highest BCUT2D eigenvalue weighted by atomic mass is 16.5. The lowest BCUT2D eigenvalue weighted by Crippen LogP contribution is -2.73. The van der Waals surface area contributed by atoms with Crippen molar-refractivity contribution in [2.75, 3.05) is 0 Å². The quantitative estimate of drug-likeness (QED) is 0.181. The topological polar surface area (TPSA) is 150 Å². The first-order valence-electron chi connectivity index (χ1n) is 27.8. The Labute approximate surface area is 432 Å². The van der Waals surface area contributed by atoms with Gasteiger partial charge in [-0.05, 0) is 104 Å². The molecule has 4 aromatic rings. The van der Waals surface area contributed by atoms with Gasteiger partial charge >= 0.3 is 22.8 Å². The first-order chi connectivity index (χ1) is 34.6. The number of allylic oxidation sites excluding steroid dienone is 2. The molecule has 6 atom stereocenters. The van der Waals surface area contributed by atoms with Crippen molar-refractivity contribution in [3.05, 3.63) is 123 Å². The summed E-state index contributed by atoms with van der Waals surface area (Å²) in [5.74, 6) is 0.260. The van der Waals surface area contributed by atoms with Crippen LogP contribution in [-0.4, -0.2) is 50.6 Å². The van der Waals surface area contributed by atoms with E-state index in [4.69, 9.17) is 9.47 Å². The van der Waals surface area contributed by atoms with E-state index in [9.17, 15) is 0 Å². The van der Waals surface area contributed by atoms with Crippen molar-refractivity contribution in [1.82, 2.24) is 27.9 Å². The Hall–Kier alpha value is -5.66. The highest BCUT2D eigenvalue weighted by Crippen LogP contribution is 2.63. The van der Waals surface area contributed by atoms with Crippen LogP contribution in [0.15, 0.2) is 66.7 Å². The fraction of sp³-hybridized carbons (Fsp3) is 0.633. The fourth-order valence-corrected chi connectivity index (χ4v) is 15.7. The first-order valence-corrected chi connectivity index (χ1v) is 27.8. The third-order valence-electron chi connectivity index (χ3n) is 19.3. The number of benzene rings is 2. The van der Waals surface area contributed by atoms with Crippen molar-refractivity contribution in [3.63, 3.8) is 0 Å². The standard InChI is InChI=1S/C60H74N6O8/c1-53(2,3)37-23-33-27-57-31-41(55(7,8)9)46(64-50(70)61(51(71)65(57)64)39-19-15-13-16-20-39)60(47(57)67)30-36-26-38(54(4,5)6)24-34(44(36)74-60)28-58-32-42(56(10,11)12)45(59(48(58)68)29-35(25-37)43(33)73-59)63-49(69)62(52(72)66(58)63)40-21-17-14-18-22-40/h23-26,31-32,39-40,45-46H,13-22,27-30H2,1-12H3/t45?,46?,57?,58?,59-,60+. The van der Waals surface area contributed by atoms with Crippen LogP contribution in [-0.2, 0) is 57.2 Å². The molecule has 0 N–H and O–H groups in total. The van der Waals surface area contributed by atoms with Gasteiger partial charge in [0.2, 0.25) is 11.6 Å². The van der Waals surface area contributed by atoms with Crippen LogP contribution in [0, 0.1) is 10.8 Å².